The van der Waals surface area contributed by atoms with E-state index in [1.165, 1.54) is 11.1 Å². The van der Waals surface area contributed by atoms with Crippen LogP contribution in [0.2, 0.25) is 0 Å². The van der Waals surface area contributed by atoms with Crippen LogP contribution in [0.5, 0.6) is 0 Å². The van der Waals surface area contributed by atoms with E-state index in [0.29, 0.717) is 23.2 Å². The molecule has 0 radical (unpaired) electrons. The molecule has 1 aliphatic rings. The van der Waals surface area contributed by atoms with E-state index in [4.69, 9.17) is 5.73 Å². The maximum atomic E-state index is 12.3. The maximum Gasteiger partial charge on any atom is 0.259 e. The molecule has 1 amide bonds. The highest BCUT2D eigenvalue weighted by Gasteiger charge is 2.27. The first kappa shape index (κ1) is 12.0. The van der Waals surface area contributed by atoms with Crippen molar-refractivity contribution >= 4 is 11.7 Å². The molecule has 1 fully saturated rings. The lowest BCUT2D eigenvalue weighted by atomic mass is 9.91. The summed E-state index contributed by atoms with van der Waals surface area (Å²) in [6, 6.07) is 0. The van der Waals surface area contributed by atoms with Crippen LogP contribution in [0.4, 0.5) is 5.82 Å². The minimum absolute atomic E-state index is 0.00833. The number of aromatic nitrogens is 2. The van der Waals surface area contributed by atoms with Crippen molar-refractivity contribution in [2.75, 3.05) is 18.8 Å². The minimum atomic E-state index is 0.00833. The molecule has 94 valence electrons. The Morgan fingerprint density at radius 2 is 2.00 bits per heavy atom. The van der Waals surface area contributed by atoms with Gasteiger partial charge in [0.2, 0.25) is 0 Å². The standard InChI is InChI=1S/C12H20N4O/c1-8-4-9(2)7-16(6-8)12(17)10-5-14-15(3)11(10)13/h5,8-9H,4,6-7,13H2,1-3H3. The second-order valence-electron chi connectivity index (χ2n) is 5.22. The first-order valence-electron chi connectivity index (χ1n) is 6.05. The van der Waals surface area contributed by atoms with Crippen LogP contribution in [0.1, 0.15) is 30.6 Å². The third kappa shape index (κ3) is 2.28. The number of hydrogen-bond donors (Lipinski definition) is 1. The van der Waals surface area contributed by atoms with Crippen LogP contribution in [-0.4, -0.2) is 33.7 Å². The van der Waals surface area contributed by atoms with E-state index in [9.17, 15) is 4.79 Å². The third-order valence-electron chi connectivity index (χ3n) is 3.37. The lowest BCUT2D eigenvalue weighted by Gasteiger charge is -2.34. The van der Waals surface area contributed by atoms with Gasteiger partial charge in [-0.05, 0) is 18.3 Å². The molecule has 0 bridgehead atoms. The minimum Gasteiger partial charge on any atom is -0.383 e. The molecule has 2 rings (SSSR count). The van der Waals surface area contributed by atoms with Gasteiger partial charge in [0, 0.05) is 20.1 Å². The summed E-state index contributed by atoms with van der Waals surface area (Å²) < 4.78 is 1.53. The molecule has 2 atom stereocenters. The largest absolute Gasteiger partial charge is 0.383 e. The fourth-order valence-corrected chi connectivity index (χ4v) is 2.61. The first-order chi connectivity index (χ1) is 7.99. The van der Waals surface area contributed by atoms with Gasteiger partial charge in [0.05, 0.1) is 6.20 Å². The number of carbonyl (C=O) groups is 1. The number of aryl methyl sites for hydroxylation is 1. The van der Waals surface area contributed by atoms with Crippen LogP contribution >= 0.6 is 0 Å². The second-order valence-corrected chi connectivity index (χ2v) is 5.22. The lowest BCUT2D eigenvalue weighted by molar-refractivity contribution is 0.0624. The zero-order valence-electron chi connectivity index (χ0n) is 10.7. The number of amides is 1. The number of nitrogen functional groups attached to an aromatic ring is 1. The molecule has 1 aromatic heterocycles. The van der Waals surface area contributed by atoms with Gasteiger partial charge < -0.3 is 10.6 Å². The molecule has 5 nitrogen and oxygen atoms in total. The number of hydrogen-bond acceptors (Lipinski definition) is 3. The van der Waals surface area contributed by atoms with Gasteiger partial charge in [-0.3, -0.25) is 9.48 Å². The van der Waals surface area contributed by atoms with E-state index in [1.54, 1.807) is 13.2 Å². The van der Waals surface area contributed by atoms with Crippen LogP contribution in [0.15, 0.2) is 6.20 Å². The Morgan fingerprint density at radius 3 is 2.47 bits per heavy atom. The quantitative estimate of drug-likeness (QED) is 0.794. The lowest BCUT2D eigenvalue weighted by Crippen LogP contribution is -2.42. The fourth-order valence-electron chi connectivity index (χ4n) is 2.61. The number of nitrogens with zero attached hydrogens (tertiary/aromatic N) is 3. The molecule has 2 N–H and O–H groups in total. The summed E-state index contributed by atoms with van der Waals surface area (Å²) in [5, 5.41) is 4.01. The monoisotopic (exact) mass is 236 g/mol. The Balaban J connectivity index is 2.17. The summed E-state index contributed by atoms with van der Waals surface area (Å²) in [5.74, 6) is 1.57. The molecule has 0 aliphatic carbocycles. The Kier molecular flexibility index (Phi) is 3.09. The highest BCUT2D eigenvalue weighted by molar-refractivity contribution is 5.98. The highest BCUT2D eigenvalue weighted by atomic mass is 16.2. The van der Waals surface area contributed by atoms with Crippen molar-refractivity contribution in [1.82, 2.24) is 14.7 Å². The summed E-state index contributed by atoms with van der Waals surface area (Å²) in [6.07, 6.45) is 2.74. The maximum absolute atomic E-state index is 12.3. The van der Waals surface area contributed by atoms with Gasteiger partial charge in [0.15, 0.2) is 0 Å². The molecule has 17 heavy (non-hydrogen) atoms. The summed E-state index contributed by atoms with van der Waals surface area (Å²) in [6.45, 7) is 6.00. The van der Waals surface area contributed by atoms with Crippen molar-refractivity contribution in [3.8, 4) is 0 Å². The molecule has 0 saturated carbocycles. The van der Waals surface area contributed by atoms with Crippen molar-refractivity contribution < 1.29 is 4.79 Å². The molecule has 0 spiro atoms. The fraction of sp³-hybridized carbons (Fsp3) is 0.667. The number of piperidine rings is 1. The normalized spacial score (nSPS) is 25.0. The average Bonchev–Trinajstić information content (AvgIpc) is 2.57. The van der Waals surface area contributed by atoms with Crippen molar-refractivity contribution in [3.63, 3.8) is 0 Å². The number of anilines is 1. The Morgan fingerprint density at radius 1 is 1.41 bits per heavy atom. The highest BCUT2D eigenvalue weighted by Crippen LogP contribution is 2.23. The van der Waals surface area contributed by atoms with Crippen molar-refractivity contribution in [2.24, 2.45) is 18.9 Å². The average molecular weight is 236 g/mol. The van der Waals surface area contributed by atoms with E-state index >= 15 is 0 Å². The topological polar surface area (TPSA) is 64.2 Å². The molecule has 0 aromatic carbocycles. The predicted octanol–water partition coefficient (Wildman–Crippen LogP) is 1.12. The summed E-state index contributed by atoms with van der Waals surface area (Å²) in [4.78, 5) is 14.2. The Labute approximate surface area is 102 Å². The van der Waals surface area contributed by atoms with E-state index in [1.807, 2.05) is 4.90 Å². The SMILES string of the molecule is CC1CC(C)CN(C(=O)c2cnn(C)c2N)C1. The zero-order chi connectivity index (χ0) is 12.6. The zero-order valence-corrected chi connectivity index (χ0v) is 10.7. The first-order valence-corrected chi connectivity index (χ1v) is 6.05. The smallest absolute Gasteiger partial charge is 0.259 e. The molecule has 5 heteroatoms. The van der Waals surface area contributed by atoms with Gasteiger partial charge in [-0.25, -0.2) is 0 Å². The van der Waals surface area contributed by atoms with Gasteiger partial charge in [-0.15, -0.1) is 0 Å². The predicted molar refractivity (Wildman–Crippen MR) is 66.5 cm³/mol. The van der Waals surface area contributed by atoms with E-state index < -0.39 is 0 Å². The van der Waals surface area contributed by atoms with Crippen molar-refractivity contribution in [2.45, 2.75) is 20.3 Å². The number of likely N-dealkylation sites (tertiary alicyclic amines) is 1. The molecular formula is C12H20N4O. The molecule has 2 unspecified atom stereocenters. The Bertz CT molecular complexity index is 416. The van der Waals surface area contributed by atoms with Crippen LogP contribution in [0.3, 0.4) is 0 Å². The third-order valence-corrected chi connectivity index (χ3v) is 3.37. The number of nitrogens with two attached hydrogens (primary N) is 1. The second kappa shape index (κ2) is 4.39. The molecule has 1 aromatic rings. The van der Waals surface area contributed by atoms with Gasteiger partial charge in [-0.2, -0.15) is 5.10 Å². The van der Waals surface area contributed by atoms with Gasteiger partial charge in [-0.1, -0.05) is 13.8 Å². The molecular weight excluding hydrogens is 216 g/mol. The summed E-state index contributed by atoms with van der Waals surface area (Å²) >= 11 is 0. The molecule has 1 aliphatic heterocycles. The van der Waals surface area contributed by atoms with Crippen LogP contribution in [0, 0.1) is 11.8 Å². The van der Waals surface area contributed by atoms with Crippen LogP contribution in [0.25, 0.3) is 0 Å². The van der Waals surface area contributed by atoms with E-state index in [2.05, 4.69) is 18.9 Å². The van der Waals surface area contributed by atoms with Gasteiger partial charge in [0.1, 0.15) is 11.4 Å². The summed E-state index contributed by atoms with van der Waals surface area (Å²) in [7, 11) is 1.74. The van der Waals surface area contributed by atoms with Crippen molar-refractivity contribution in [3.05, 3.63) is 11.8 Å². The number of carbonyl (C=O) groups excluding carboxylic acids is 1. The molecule has 2 heterocycles. The van der Waals surface area contributed by atoms with Gasteiger partial charge >= 0.3 is 0 Å². The van der Waals surface area contributed by atoms with Crippen LogP contribution < -0.4 is 5.73 Å². The van der Waals surface area contributed by atoms with Gasteiger partial charge in [0.25, 0.3) is 5.91 Å². The van der Waals surface area contributed by atoms with E-state index in [0.717, 1.165) is 13.1 Å². The Hall–Kier alpha value is -1.52. The summed E-state index contributed by atoms with van der Waals surface area (Å²) in [5.41, 5.74) is 6.35. The van der Waals surface area contributed by atoms with Crippen molar-refractivity contribution in [1.29, 1.82) is 0 Å². The van der Waals surface area contributed by atoms with E-state index in [-0.39, 0.29) is 5.91 Å². The van der Waals surface area contributed by atoms with Crippen LogP contribution in [-0.2, 0) is 7.05 Å². The molecule has 1 saturated heterocycles. The number of rotatable bonds is 1.